The monoisotopic (exact) mass is 376 g/mol. The summed E-state index contributed by atoms with van der Waals surface area (Å²) in [6.07, 6.45) is -5.94. The van der Waals surface area contributed by atoms with Gasteiger partial charge in [0, 0.05) is 6.07 Å². The summed E-state index contributed by atoms with van der Waals surface area (Å²) < 4.78 is 80.9. The van der Waals surface area contributed by atoms with Crippen LogP contribution in [0.15, 0.2) is 30.3 Å². The van der Waals surface area contributed by atoms with Crippen molar-refractivity contribution in [3.05, 3.63) is 58.7 Å². The van der Waals surface area contributed by atoms with E-state index >= 15 is 0 Å². The maximum absolute atomic E-state index is 14.0. The van der Waals surface area contributed by atoms with E-state index in [2.05, 4.69) is 4.74 Å². The van der Waals surface area contributed by atoms with Gasteiger partial charge < -0.3 is 14.2 Å². The van der Waals surface area contributed by atoms with Crippen molar-refractivity contribution < 1.29 is 41.0 Å². The molecule has 9 heteroatoms. The van der Waals surface area contributed by atoms with Crippen LogP contribution in [0.3, 0.4) is 0 Å². The highest BCUT2D eigenvalue weighted by Crippen LogP contribution is 2.38. The highest BCUT2D eigenvalue weighted by atomic mass is 19.4. The van der Waals surface area contributed by atoms with E-state index in [0.29, 0.717) is 12.1 Å². The molecule has 4 nitrogen and oxygen atoms in total. The van der Waals surface area contributed by atoms with Gasteiger partial charge in [-0.1, -0.05) is 6.07 Å². The second-order valence-corrected chi connectivity index (χ2v) is 5.16. The summed E-state index contributed by atoms with van der Waals surface area (Å²) in [5, 5.41) is 0. The number of hydrogen-bond acceptors (Lipinski definition) is 4. The zero-order valence-corrected chi connectivity index (χ0v) is 13.6. The van der Waals surface area contributed by atoms with E-state index in [-0.39, 0.29) is 16.9 Å². The zero-order chi connectivity index (χ0) is 19.5. The Bertz CT molecular complexity index is 818. The molecule has 0 bridgehead atoms. The van der Waals surface area contributed by atoms with E-state index in [0.717, 1.165) is 13.2 Å². The molecule has 0 fully saturated rings. The molecule has 0 N–H and O–H groups in total. The average Bonchev–Trinajstić information content (AvgIpc) is 2.56. The zero-order valence-electron chi connectivity index (χ0n) is 13.6. The van der Waals surface area contributed by atoms with Crippen molar-refractivity contribution in [3.8, 4) is 11.5 Å². The van der Waals surface area contributed by atoms with Gasteiger partial charge in [0.25, 0.3) is 0 Å². The summed E-state index contributed by atoms with van der Waals surface area (Å²) in [4.78, 5) is 11.2. The van der Waals surface area contributed by atoms with Crippen LogP contribution in [0.2, 0.25) is 0 Å². The molecule has 2 rings (SSSR count). The first-order chi connectivity index (χ1) is 12.1. The van der Waals surface area contributed by atoms with E-state index in [4.69, 9.17) is 9.47 Å². The predicted molar refractivity (Wildman–Crippen MR) is 79.9 cm³/mol. The smallest absolute Gasteiger partial charge is 0.488 e. The minimum atomic E-state index is -4.80. The molecule has 0 aliphatic heterocycles. The number of aryl methyl sites for hydroxylation is 1. The van der Waals surface area contributed by atoms with E-state index in [9.17, 15) is 26.7 Å². The second-order valence-electron chi connectivity index (χ2n) is 5.16. The lowest BCUT2D eigenvalue weighted by molar-refractivity contribution is -0.139. The summed E-state index contributed by atoms with van der Waals surface area (Å²) in [6.45, 7) is 0.443. The number of carbonyl (C=O) groups excluding carboxylic acids is 1. The third-order valence-electron chi connectivity index (χ3n) is 3.37. The van der Waals surface area contributed by atoms with E-state index in [1.54, 1.807) is 0 Å². The summed E-state index contributed by atoms with van der Waals surface area (Å²) in [7, 11) is 1.03. The van der Waals surface area contributed by atoms with Crippen molar-refractivity contribution >= 4 is 6.16 Å². The van der Waals surface area contributed by atoms with Crippen LogP contribution in [0.1, 0.15) is 16.7 Å². The third-order valence-corrected chi connectivity index (χ3v) is 3.37. The SMILES string of the molecule is COC(=O)Oc1cccc(F)c1COc1cc(F)c(C)cc1C(F)(F)F. The van der Waals surface area contributed by atoms with Gasteiger partial charge in [0.15, 0.2) is 0 Å². The Hall–Kier alpha value is -2.84. The van der Waals surface area contributed by atoms with E-state index in [1.165, 1.54) is 19.1 Å². The number of benzene rings is 2. The first kappa shape index (κ1) is 19.5. The van der Waals surface area contributed by atoms with Crippen LogP contribution in [0.5, 0.6) is 11.5 Å². The number of carbonyl (C=O) groups is 1. The first-order valence-electron chi connectivity index (χ1n) is 7.16. The number of alkyl halides is 3. The molecule has 26 heavy (non-hydrogen) atoms. The number of halogens is 5. The standard InChI is InChI=1S/C17H13F5O4/c1-9-6-11(17(20,21)22)15(7-13(9)19)25-8-10-12(18)4-3-5-14(10)26-16(23)24-2/h3-7H,8H2,1-2H3. The van der Waals surface area contributed by atoms with Gasteiger partial charge in [0.05, 0.1) is 18.2 Å². The Morgan fingerprint density at radius 3 is 2.38 bits per heavy atom. The fraction of sp³-hybridized carbons (Fsp3) is 0.235. The molecule has 0 radical (unpaired) electrons. The molecule has 0 aliphatic carbocycles. The molecule has 0 saturated carbocycles. The van der Waals surface area contributed by atoms with Crippen LogP contribution >= 0.6 is 0 Å². The van der Waals surface area contributed by atoms with Gasteiger partial charge in [-0.25, -0.2) is 13.6 Å². The van der Waals surface area contributed by atoms with Crippen molar-refractivity contribution in [1.29, 1.82) is 0 Å². The molecule has 0 unspecified atom stereocenters. The number of ether oxygens (including phenoxy) is 3. The minimum Gasteiger partial charge on any atom is -0.488 e. The molecule has 2 aromatic rings. The van der Waals surface area contributed by atoms with Crippen LogP contribution in [-0.2, 0) is 17.5 Å². The fourth-order valence-corrected chi connectivity index (χ4v) is 2.06. The van der Waals surface area contributed by atoms with Gasteiger partial charge in [0.2, 0.25) is 0 Å². The second kappa shape index (κ2) is 7.59. The van der Waals surface area contributed by atoms with Crippen molar-refractivity contribution in [2.45, 2.75) is 19.7 Å². The molecule has 0 aliphatic rings. The summed E-state index contributed by atoms with van der Waals surface area (Å²) >= 11 is 0. The number of methoxy groups -OCH3 is 1. The molecule has 0 aromatic heterocycles. The lowest BCUT2D eigenvalue weighted by atomic mass is 10.1. The molecule has 0 saturated heterocycles. The Kier molecular flexibility index (Phi) is 5.69. The Morgan fingerprint density at radius 2 is 1.77 bits per heavy atom. The van der Waals surface area contributed by atoms with E-state index in [1.807, 2.05) is 0 Å². The van der Waals surface area contributed by atoms with Crippen molar-refractivity contribution in [2.24, 2.45) is 0 Å². The lowest BCUT2D eigenvalue weighted by Gasteiger charge is -2.16. The van der Waals surface area contributed by atoms with Gasteiger partial charge in [-0.15, -0.1) is 0 Å². The Morgan fingerprint density at radius 1 is 1.08 bits per heavy atom. The summed E-state index contributed by atoms with van der Waals surface area (Å²) in [5.74, 6) is -2.90. The highest BCUT2D eigenvalue weighted by Gasteiger charge is 2.35. The quantitative estimate of drug-likeness (QED) is 0.427. The fourth-order valence-electron chi connectivity index (χ4n) is 2.06. The largest absolute Gasteiger partial charge is 0.513 e. The molecule has 140 valence electrons. The Balaban J connectivity index is 2.35. The maximum atomic E-state index is 14.0. The van der Waals surface area contributed by atoms with Crippen molar-refractivity contribution in [2.75, 3.05) is 7.11 Å². The predicted octanol–water partition coefficient (Wildman–Crippen LogP) is 5.02. The van der Waals surface area contributed by atoms with Crippen LogP contribution in [0.4, 0.5) is 26.7 Å². The first-order valence-corrected chi connectivity index (χ1v) is 7.16. The lowest BCUT2D eigenvalue weighted by Crippen LogP contribution is -2.13. The molecule has 2 aromatic carbocycles. The van der Waals surface area contributed by atoms with E-state index < -0.39 is 41.9 Å². The normalized spacial score (nSPS) is 11.2. The van der Waals surface area contributed by atoms with Crippen LogP contribution in [-0.4, -0.2) is 13.3 Å². The van der Waals surface area contributed by atoms with Crippen LogP contribution < -0.4 is 9.47 Å². The summed E-state index contributed by atoms with van der Waals surface area (Å²) in [5.41, 5.74) is -1.75. The molecule has 0 atom stereocenters. The van der Waals surface area contributed by atoms with Gasteiger partial charge in [-0.2, -0.15) is 13.2 Å². The Labute approximate surface area is 145 Å². The third kappa shape index (κ3) is 4.41. The highest BCUT2D eigenvalue weighted by molar-refractivity contribution is 5.64. The molecular weight excluding hydrogens is 363 g/mol. The number of rotatable bonds is 4. The van der Waals surface area contributed by atoms with Crippen molar-refractivity contribution in [1.82, 2.24) is 0 Å². The van der Waals surface area contributed by atoms with Gasteiger partial charge in [-0.3, -0.25) is 0 Å². The topological polar surface area (TPSA) is 44.8 Å². The van der Waals surface area contributed by atoms with Crippen molar-refractivity contribution in [3.63, 3.8) is 0 Å². The maximum Gasteiger partial charge on any atom is 0.513 e. The molecule has 0 heterocycles. The van der Waals surface area contributed by atoms with Gasteiger partial charge >= 0.3 is 12.3 Å². The minimum absolute atomic E-state index is 0.217. The molecule has 0 amide bonds. The average molecular weight is 376 g/mol. The van der Waals surface area contributed by atoms with Gasteiger partial charge in [-0.05, 0) is 30.7 Å². The van der Waals surface area contributed by atoms with Crippen LogP contribution in [0.25, 0.3) is 0 Å². The van der Waals surface area contributed by atoms with Crippen LogP contribution in [0, 0.1) is 18.6 Å². The number of hydrogen-bond donors (Lipinski definition) is 0. The molecule has 0 spiro atoms. The molecular formula is C17H13F5O4. The summed E-state index contributed by atoms with van der Waals surface area (Å²) in [6, 6.07) is 4.60. The van der Waals surface area contributed by atoms with Gasteiger partial charge in [0.1, 0.15) is 29.7 Å².